The number of rotatable bonds is 4. The van der Waals surface area contributed by atoms with Gasteiger partial charge in [0.15, 0.2) is 0 Å². The number of amides is 1. The largest absolute Gasteiger partial charge is 0.481 e. The number of pyridine rings is 1. The number of nitrogens with one attached hydrogen (secondary N) is 1. The summed E-state index contributed by atoms with van der Waals surface area (Å²) in [7, 11) is 0. The minimum atomic E-state index is -0.934. The molecule has 0 saturated carbocycles. The highest BCUT2D eigenvalue weighted by atomic mass is 16.5. The van der Waals surface area contributed by atoms with Gasteiger partial charge in [-0.25, -0.2) is 0 Å². The Morgan fingerprint density at radius 3 is 2.84 bits per heavy atom. The quantitative estimate of drug-likeness (QED) is 0.853. The average Bonchev–Trinajstić information content (AvgIpc) is 2.79. The minimum absolute atomic E-state index is 0.130. The van der Waals surface area contributed by atoms with Gasteiger partial charge in [0.2, 0.25) is 0 Å². The Balaban J connectivity index is 1.99. The molecule has 1 amide bonds. The van der Waals surface area contributed by atoms with Gasteiger partial charge < -0.3 is 15.2 Å². The number of hydrogen-bond donors (Lipinski definition) is 2. The van der Waals surface area contributed by atoms with Gasteiger partial charge >= 0.3 is 5.97 Å². The van der Waals surface area contributed by atoms with Gasteiger partial charge in [0.1, 0.15) is 5.60 Å². The molecule has 1 aliphatic rings. The van der Waals surface area contributed by atoms with Crippen molar-refractivity contribution in [3.63, 3.8) is 0 Å². The van der Waals surface area contributed by atoms with E-state index in [4.69, 9.17) is 9.84 Å². The number of anilines is 1. The Bertz CT molecular complexity index is 478. The first-order chi connectivity index (χ1) is 8.99. The van der Waals surface area contributed by atoms with Crippen LogP contribution in [0.5, 0.6) is 0 Å². The van der Waals surface area contributed by atoms with E-state index in [2.05, 4.69) is 10.3 Å². The van der Waals surface area contributed by atoms with Crippen LogP contribution < -0.4 is 5.32 Å². The molecule has 1 unspecified atom stereocenters. The van der Waals surface area contributed by atoms with Gasteiger partial charge in [-0.15, -0.1) is 0 Å². The number of hydrogen-bond acceptors (Lipinski definition) is 4. The van der Waals surface area contributed by atoms with Crippen molar-refractivity contribution in [3.8, 4) is 0 Å². The fourth-order valence-corrected chi connectivity index (χ4v) is 1.98. The van der Waals surface area contributed by atoms with Crippen LogP contribution in [0, 0.1) is 0 Å². The summed E-state index contributed by atoms with van der Waals surface area (Å²) in [4.78, 5) is 26.5. The predicted molar refractivity (Wildman–Crippen MR) is 67.8 cm³/mol. The summed E-state index contributed by atoms with van der Waals surface area (Å²) >= 11 is 0. The molecule has 0 bridgehead atoms. The molecule has 0 radical (unpaired) electrons. The van der Waals surface area contributed by atoms with Gasteiger partial charge in [-0.1, -0.05) is 0 Å². The molecule has 2 rings (SSSR count). The zero-order valence-corrected chi connectivity index (χ0v) is 10.7. The Morgan fingerprint density at radius 1 is 1.53 bits per heavy atom. The van der Waals surface area contributed by atoms with Gasteiger partial charge in [0, 0.05) is 6.61 Å². The van der Waals surface area contributed by atoms with Gasteiger partial charge in [-0.05, 0) is 31.9 Å². The third-order valence-corrected chi connectivity index (χ3v) is 3.11. The van der Waals surface area contributed by atoms with E-state index in [1.54, 1.807) is 19.1 Å². The molecule has 102 valence electrons. The van der Waals surface area contributed by atoms with Crippen LogP contribution in [0.1, 0.15) is 25.5 Å². The first kappa shape index (κ1) is 13.5. The van der Waals surface area contributed by atoms with E-state index >= 15 is 0 Å². The molecule has 0 aliphatic carbocycles. The molecule has 2 heterocycles. The molecule has 1 atom stereocenters. The lowest BCUT2D eigenvalue weighted by atomic mass is 10.0. The van der Waals surface area contributed by atoms with Crippen molar-refractivity contribution in [1.29, 1.82) is 0 Å². The highest BCUT2D eigenvalue weighted by molar-refractivity contribution is 5.97. The fourth-order valence-electron chi connectivity index (χ4n) is 1.98. The van der Waals surface area contributed by atoms with E-state index < -0.39 is 11.6 Å². The van der Waals surface area contributed by atoms with Gasteiger partial charge in [0.05, 0.1) is 24.0 Å². The van der Waals surface area contributed by atoms with E-state index in [-0.39, 0.29) is 12.3 Å². The summed E-state index contributed by atoms with van der Waals surface area (Å²) in [6, 6.07) is 3.23. The number of ether oxygens (including phenoxy) is 1. The summed E-state index contributed by atoms with van der Waals surface area (Å²) in [5, 5.41) is 11.4. The second kappa shape index (κ2) is 5.36. The molecule has 1 fully saturated rings. The van der Waals surface area contributed by atoms with E-state index in [9.17, 15) is 9.59 Å². The van der Waals surface area contributed by atoms with Crippen molar-refractivity contribution >= 4 is 17.6 Å². The summed E-state index contributed by atoms with van der Waals surface area (Å²) < 4.78 is 5.44. The lowest BCUT2D eigenvalue weighted by molar-refractivity contribution is -0.136. The molecule has 6 nitrogen and oxygen atoms in total. The average molecular weight is 264 g/mol. The molecular formula is C13H16N2O4. The fraction of sp³-hybridized carbons (Fsp3) is 0.462. The van der Waals surface area contributed by atoms with E-state index in [0.29, 0.717) is 24.4 Å². The van der Waals surface area contributed by atoms with E-state index in [0.717, 1.165) is 6.42 Å². The Kier molecular flexibility index (Phi) is 3.80. The molecule has 2 N–H and O–H groups in total. The second-order valence-electron chi connectivity index (χ2n) is 4.75. The normalized spacial score (nSPS) is 22.2. The lowest BCUT2D eigenvalue weighted by Gasteiger charge is -2.21. The third kappa shape index (κ3) is 3.29. The molecule has 1 saturated heterocycles. The number of carbonyl (C=O) groups excluding carboxylic acids is 1. The molecule has 1 aliphatic heterocycles. The van der Waals surface area contributed by atoms with Crippen LogP contribution in [0.3, 0.4) is 0 Å². The summed E-state index contributed by atoms with van der Waals surface area (Å²) in [6.07, 6.45) is 2.90. The van der Waals surface area contributed by atoms with Crippen molar-refractivity contribution in [1.82, 2.24) is 4.98 Å². The molecule has 19 heavy (non-hydrogen) atoms. The van der Waals surface area contributed by atoms with Crippen molar-refractivity contribution in [2.45, 2.75) is 31.8 Å². The van der Waals surface area contributed by atoms with Crippen LogP contribution in [-0.2, 0) is 20.7 Å². The maximum Gasteiger partial charge on any atom is 0.309 e. The van der Waals surface area contributed by atoms with Crippen LogP contribution in [0.15, 0.2) is 18.3 Å². The Labute approximate surface area is 110 Å². The van der Waals surface area contributed by atoms with Crippen LogP contribution in [0.2, 0.25) is 0 Å². The zero-order chi connectivity index (χ0) is 13.9. The molecular weight excluding hydrogens is 248 g/mol. The maximum absolute atomic E-state index is 12.0. The summed E-state index contributed by atoms with van der Waals surface area (Å²) in [6.45, 7) is 2.36. The van der Waals surface area contributed by atoms with Gasteiger partial charge in [-0.3, -0.25) is 14.6 Å². The highest BCUT2D eigenvalue weighted by Gasteiger charge is 2.37. The van der Waals surface area contributed by atoms with Gasteiger partial charge in [-0.2, -0.15) is 0 Å². The van der Waals surface area contributed by atoms with Crippen LogP contribution in [0.4, 0.5) is 5.69 Å². The van der Waals surface area contributed by atoms with Crippen molar-refractivity contribution in [2.24, 2.45) is 0 Å². The SMILES string of the molecule is CC1(C(=O)Nc2ccc(CC(=O)O)nc2)CCCO1. The van der Waals surface area contributed by atoms with Crippen molar-refractivity contribution in [3.05, 3.63) is 24.0 Å². The minimum Gasteiger partial charge on any atom is -0.481 e. The molecule has 6 heteroatoms. The van der Waals surface area contributed by atoms with Crippen LogP contribution in [-0.4, -0.2) is 34.2 Å². The molecule has 0 aromatic carbocycles. The predicted octanol–water partition coefficient (Wildman–Crippen LogP) is 1.22. The van der Waals surface area contributed by atoms with Crippen LogP contribution >= 0.6 is 0 Å². The number of aromatic nitrogens is 1. The van der Waals surface area contributed by atoms with Gasteiger partial charge in [0.25, 0.3) is 5.91 Å². The molecule has 1 aromatic rings. The first-order valence-electron chi connectivity index (χ1n) is 6.12. The van der Waals surface area contributed by atoms with E-state index in [1.165, 1.54) is 6.20 Å². The number of nitrogens with zero attached hydrogens (tertiary/aromatic N) is 1. The molecule has 1 aromatic heterocycles. The topological polar surface area (TPSA) is 88.5 Å². The highest BCUT2D eigenvalue weighted by Crippen LogP contribution is 2.26. The summed E-state index contributed by atoms with van der Waals surface area (Å²) in [5.74, 6) is -1.13. The monoisotopic (exact) mass is 264 g/mol. The number of carbonyl (C=O) groups is 2. The lowest BCUT2D eigenvalue weighted by Crippen LogP contribution is -2.39. The maximum atomic E-state index is 12.0. The number of aliphatic carboxylic acids is 1. The number of carboxylic acids is 1. The van der Waals surface area contributed by atoms with Crippen LogP contribution in [0.25, 0.3) is 0 Å². The van der Waals surface area contributed by atoms with E-state index in [1.807, 2.05) is 0 Å². The Morgan fingerprint density at radius 2 is 2.32 bits per heavy atom. The first-order valence-corrected chi connectivity index (χ1v) is 6.12. The zero-order valence-electron chi connectivity index (χ0n) is 10.7. The second-order valence-corrected chi connectivity index (χ2v) is 4.75. The molecule has 0 spiro atoms. The Hall–Kier alpha value is -1.95. The number of carboxylic acid groups (broad SMARTS) is 1. The standard InChI is InChI=1S/C13H16N2O4/c1-13(5-2-6-19-13)12(18)15-10-4-3-9(14-8-10)7-11(16)17/h3-4,8H,2,5-7H2,1H3,(H,15,18)(H,16,17). The van der Waals surface area contributed by atoms with Crippen molar-refractivity contribution < 1.29 is 19.4 Å². The smallest absolute Gasteiger partial charge is 0.309 e. The third-order valence-electron chi connectivity index (χ3n) is 3.11. The van der Waals surface area contributed by atoms with Crippen molar-refractivity contribution in [2.75, 3.05) is 11.9 Å². The summed E-state index contributed by atoms with van der Waals surface area (Å²) in [5.41, 5.74) is 0.212.